The van der Waals surface area contributed by atoms with Crippen LogP contribution in [0.1, 0.15) is 18.1 Å². The molecule has 2 aromatic carbocycles. The number of hydrogen-bond acceptors (Lipinski definition) is 3. The third-order valence-corrected chi connectivity index (χ3v) is 5.14. The van der Waals surface area contributed by atoms with E-state index < -0.39 is 22.9 Å². The Morgan fingerprint density at radius 1 is 1.26 bits per heavy atom. The number of alkyl halides is 3. The molecular weight excluding hydrogens is 399 g/mol. The van der Waals surface area contributed by atoms with Crippen LogP contribution in [0, 0.1) is 6.92 Å². The zero-order valence-electron chi connectivity index (χ0n) is 14.3. The van der Waals surface area contributed by atoms with E-state index in [2.05, 4.69) is 15.3 Å². The standard InChI is InChI=1S/C18H15ClF3N3OS/c1-9-3-6-13-15(7-9)25-17(24-13)27-10(2)16(26)23-14-8-11(18(20,21)22)4-5-12(14)19/h3-8,10H,1-2H3,(H,23,26)(H,24,25)/t10-/m0/s1. The largest absolute Gasteiger partial charge is 0.416 e. The van der Waals surface area contributed by atoms with E-state index in [-0.39, 0.29) is 10.7 Å². The monoisotopic (exact) mass is 413 g/mol. The first kappa shape index (κ1) is 19.6. The summed E-state index contributed by atoms with van der Waals surface area (Å²) in [5.41, 5.74) is 1.75. The van der Waals surface area contributed by atoms with Gasteiger partial charge in [-0.3, -0.25) is 4.79 Å². The third-order valence-electron chi connectivity index (χ3n) is 3.82. The first-order valence-corrected chi connectivity index (χ1v) is 9.20. The normalized spacial score (nSPS) is 13.0. The van der Waals surface area contributed by atoms with Gasteiger partial charge in [0.25, 0.3) is 0 Å². The van der Waals surface area contributed by atoms with Crippen molar-refractivity contribution in [1.29, 1.82) is 0 Å². The first-order chi connectivity index (χ1) is 12.6. The lowest BCUT2D eigenvalue weighted by atomic mass is 10.2. The predicted molar refractivity (Wildman–Crippen MR) is 101 cm³/mol. The van der Waals surface area contributed by atoms with Crippen molar-refractivity contribution in [2.45, 2.75) is 30.4 Å². The van der Waals surface area contributed by atoms with Crippen molar-refractivity contribution < 1.29 is 18.0 Å². The summed E-state index contributed by atoms with van der Waals surface area (Å²) in [6.07, 6.45) is -4.52. The van der Waals surface area contributed by atoms with Crippen LogP contribution in [0.25, 0.3) is 11.0 Å². The van der Waals surface area contributed by atoms with Gasteiger partial charge in [0.2, 0.25) is 5.91 Å². The summed E-state index contributed by atoms with van der Waals surface area (Å²) in [5, 5.41) is 2.44. The quantitative estimate of drug-likeness (QED) is 0.542. The summed E-state index contributed by atoms with van der Waals surface area (Å²) in [5.74, 6) is -0.474. The number of imidazole rings is 1. The number of halogens is 4. The molecule has 9 heteroatoms. The van der Waals surface area contributed by atoms with Gasteiger partial charge in [0.1, 0.15) is 0 Å². The SMILES string of the molecule is Cc1ccc2nc(S[C@@H](C)C(=O)Nc3cc(C(F)(F)F)ccc3Cl)[nH]c2c1. The Balaban J connectivity index is 1.73. The van der Waals surface area contributed by atoms with Gasteiger partial charge in [-0.2, -0.15) is 13.2 Å². The minimum atomic E-state index is -4.52. The van der Waals surface area contributed by atoms with Gasteiger partial charge in [0.15, 0.2) is 5.16 Å². The topological polar surface area (TPSA) is 57.8 Å². The Kier molecular flexibility index (Phi) is 5.39. The van der Waals surface area contributed by atoms with Crippen molar-refractivity contribution >= 4 is 46.0 Å². The average molecular weight is 414 g/mol. The number of anilines is 1. The van der Waals surface area contributed by atoms with Crippen molar-refractivity contribution in [1.82, 2.24) is 9.97 Å². The molecule has 4 nitrogen and oxygen atoms in total. The maximum absolute atomic E-state index is 12.8. The number of carbonyl (C=O) groups excluding carboxylic acids is 1. The van der Waals surface area contributed by atoms with Crippen molar-refractivity contribution in [3.63, 3.8) is 0 Å². The Labute approximate surface area is 162 Å². The fourth-order valence-corrected chi connectivity index (χ4v) is 3.39. The number of nitrogens with zero attached hydrogens (tertiary/aromatic N) is 1. The Hall–Kier alpha value is -2.19. The number of hydrogen-bond donors (Lipinski definition) is 2. The number of amides is 1. The highest BCUT2D eigenvalue weighted by Gasteiger charge is 2.31. The molecule has 0 aliphatic rings. The van der Waals surface area contributed by atoms with Gasteiger partial charge in [0.05, 0.1) is 32.6 Å². The van der Waals surface area contributed by atoms with Crippen LogP contribution in [-0.4, -0.2) is 21.1 Å². The molecule has 0 aliphatic carbocycles. The molecule has 0 unspecified atom stereocenters. The molecule has 0 bridgehead atoms. The second kappa shape index (κ2) is 7.44. The number of benzene rings is 2. The van der Waals surface area contributed by atoms with E-state index in [0.29, 0.717) is 5.16 Å². The van der Waals surface area contributed by atoms with Crippen molar-refractivity contribution in [2.24, 2.45) is 0 Å². The van der Waals surface area contributed by atoms with E-state index in [1.54, 1.807) is 6.92 Å². The fraction of sp³-hybridized carbons (Fsp3) is 0.222. The molecule has 0 fully saturated rings. The number of fused-ring (bicyclic) bond motifs is 1. The molecule has 1 amide bonds. The van der Waals surface area contributed by atoms with Gasteiger partial charge in [-0.25, -0.2) is 4.98 Å². The summed E-state index contributed by atoms with van der Waals surface area (Å²) < 4.78 is 38.5. The molecule has 3 aromatic rings. The van der Waals surface area contributed by atoms with Crippen LogP contribution in [0.3, 0.4) is 0 Å². The summed E-state index contributed by atoms with van der Waals surface area (Å²) in [6, 6.07) is 8.55. The minimum absolute atomic E-state index is 0.0350. The molecule has 0 radical (unpaired) electrons. The van der Waals surface area contributed by atoms with Crippen LogP contribution in [0.5, 0.6) is 0 Å². The summed E-state index contributed by atoms with van der Waals surface area (Å²) in [4.78, 5) is 19.9. The van der Waals surface area contributed by atoms with Gasteiger partial charge in [-0.05, 0) is 49.7 Å². The van der Waals surface area contributed by atoms with Crippen LogP contribution in [0.2, 0.25) is 5.02 Å². The van der Waals surface area contributed by atoms with E-state index in [1.165, 1.54) is 11.8 Å². The number of aromatic amines is 1. The number of nitrogens with one attached hydrogen (secondary N) is 2. The molecule has 0 aliphatic heterocycles. The lowest BCUT2D eigenvalue weighted by molar-refractivity contribution is -0.137. The Morgan fingerprint density at radius 3 is 2.70 bits per heavy atom. The van der Waals surface area contributed by atoms with E-state index in [0.717, 1.165) is 34.8 Å². The lowest BCUT2D eigenvalue weighted by Gasteiger charge is -2.14. The average Bonchev–Trinajstić information content (AvgIpc) is 2.96. The van der Waals surface area contributed by atoms with E-state index >= 15 is 0 Å². The van der Waals surface area contributed by atoms with Crippen LogP contribution in [0.15, 0.2) is 41.6 Å². The van der Waals surface area contributed by atoms with Crippen molar-refractivity contribution in [3.05, 3.63) is 52.5 Å². The van der Waals surface area contributed by atoms with E-state index in [9.17, 15) is 18.0 Å². The zero-order valence-corrected chi connectivity index (χ0v) is 15.9. The van der Waals surface area contributed by atoms with E-state index in [4.69, 9.17) is 11.6 Å². The maximum Gasteiger partial charge on any atom is 0.416 e. The minimum Gasteiger partial charge on any atom is -0.333 e. The summed E-state index contributed by atoms with van der Waals surface area (Å²) in [7, 11) is 0. The molecule has 1 atom stereocenters. The van der Waals surface area contributed by atoms with Gasteiger partial charge >= 0.3 is 6.18 Å². The van der Waals surface area contributed by atoms with Crippen LogP contribution < -0.4 is 5.32 Å². The molecular formula is C18H15ClF3N3OS. The molecule has 27 heavy (non-hydrogen) atoms. The molecule has 1 heterocycles. The molecule has 0 saturated heterocycles. The maximum atomic E-state index is 12.8. The van der Waals surface area contributed by atoms with Gasteiger partial charge in [-0.1, -0.05) is 29.4 Å². The summed E-state index contributed by atoms with van der Waals surface area (Å²) in [6.45, 7) is 3.60. The Morgan fingerprint density at radius 2 is 2.00 bits per heavy atom. The molecule has 0 spiro atoms. The van der Waals surface area contributed by atoms with Crippen molar-refractivity contribution in [2.75, 3.05) is 5.32 Å². The van der Waals surface area contributed by atoms with Gasteiger partial charge in [-0.15, -0.1) is 0 Å². The highest BCUT2D eigenvalue weighted by Crippen LogP contribution is 2.34. The predicted octanol–water partition coefficient (Wildman–Crippen LogP) is 5.66. The smallest absolute Gasteiger partial charge is 0.333 e. The van der Waals surface area contributed by atoms with Gasteiger partial charge in [0, 0.05) is 0 Å². The second-order valence-corrected chi connectivity index (χ2v) is 7.74. The second-order valence-electron chi connectivity index (χ2n) is 6.00. The molecule has 2 N–H and O–H groups in total. The number of aromatic nitrogens is 2. The van der Waals surface area contributed by atoms with Gasteiger partial charge < -0.3 is 10.3 Å². The molecule has 142 valence electrons. The number of rotatable bonds is 4. The number of aryl methyl sites for hydroxylation is 1. The molecule has 1 aromatic heterocycles. The van der Waals surface area contributed by atoms with Crippen LogP contribution in [0.4, 0.5) is 18.9 Å². The first-order valence-electron chi connectivity index (χ1n) is 7.94. The van der Waals surface area contributed by atoms with Crippen LogP contribution in [-0.2, 0) is 11.0 Å². The molecule has 0 saturated carbocycles. The number of thioether (sulfide) groups is 1. The van der Waals surface area contributed by atoms with Crippen LogP contribution >= 0.6 is 23.4 Å². The highest BCUT2D eigenvalue weighted by molar-refractivity contribution is 8.00. The number of carbonyl (C=O) groups is 1. The Bertz CT molecular complexity index is 1000. The van der Waals surface area contributed by atoms with E-state index in [1.807, 2.05) is 25.1 Å². The van der Waals surface area contributed by atoms with Crippen molar-refractivity contribution in [3.8, 4) is 0 Å². The molecule has 3 rings (SSSR count). The zero-order chi connectivity index (χ0) is 19.8. The third kappa shape index (κ3) is 4.56. The highest BCUT2D eigenvalue weighted by atomic mass is 35.5. The fourth-order valence-electron chi connectivity index (χ4n) is 2.41. The number of H-pyrrole nitrogens is 1. The summed E-state index contributed by atoms with van der Waals surface area (Å²) >= 11 is 7.09. The lowest BCUT2D eigenvalue weighted by Crippen LogP contribution is -2.23.